The minimum atomic E-state index is -0.721. The highest BCUT2D eigenvalue weighted by molar-refractivity contribution is 7.99. The Kier molecular flexibility index (Phi) is 5.67. The molecule has 142 valence electrons. The summed E-state index contributed by atoms with van der Waals surface area (Å²) >= 11 is 2.55. The summed E-state index contributed by atoms with van der Waals surface area (Å²) in [6, 6.07) is 1.28. The van der Waals surface area contributed by atoms with Crippen molar-refractivity contribution in [2.75, 3.05) is 16.8 Å². The summed E-state index contributed by atoms with van der Waals surface area (Å²) in [5.74, 6) is -0.651. The Morgan fingerprint density at radius 2 is 2.15 bits per heavy atom. The summed E-state index contributed by atoms with van der Waals surface area (Å²) in [4.78, 5) is 25.9. The third-order valence-corrected chi connectivity index (χ3v) is 6.40. The van der Waals surface area contributed by atoms with Crippen LogP contribution in [0.2, 0.25) is 0 Å². The monoisotopic (exact) mass is 405 g/mol. The number of rotatable bonds is 6. The summed E-state index contributed by atoms with van der Waals surface area (Å²) in [6.45, 7) is 1.66. The van der Waals surface area contributed by atoms with E-state index in [-0.39, 0.29) is 17.6 Å². The number of nitrogens with two attached hydrogens (primary N) is 2. The van der Waals surface area contributed by atoms with Crippen LogP contribution in [0.3, 0.4) is 0 Å². The number of thiophene rings is 1. The Bertz CT molecular complexity index is 928. The molecule has 2 heterocycles. The van der Waals surface area contributed by atoms with Gasteiger partial charge in [0.1, 0.15) is 11.0 Å². The smallest absolute Gasteiger partial charge is 0.251 e. The standard InChI is InChI=1S/C16H19N7O2S2/c1-8(23-15(19)21-22-16(23)26-7-6-17)13(25)20-14-11(12(18)24)9-4-2-3-5-10(9)27-14/h8H,2-5,7H2,1H3,(H2,18,24)(H2,19,21)(H,20,25). The van der Waals surface area contributed by atoms with Gasteiger partial charge in [-0.05, 0) is 38.2 Å². The molecular formula is C16H19N7O2S2. The zero-order chi connectivity index (χ0) is 19.6. The molecule has 0 saturated heterocycles. The molecule has 0 aliphatic heterocycles. The second kappa shape index (κ2) is 7.98. The lowest BCUT2D eigenvalue weighted by Crippen LogP contribution is -2.26. The van der Waals surface area contributed by atoms with Crippen molar-refractivity contribution in [3.63, 3.8) is 0 Å². The fraction of sp³-hybridized carbons (Fsp3) is 0.438. The van der Waals surface area contributed by atoms with Crippen molar-refractivity contribution < 1.29 is 9.59 Å². The van der Waals surface area contributed by atoms with Crippen LogP contribution in [-0.2, 0) is 17.6 Å². The van der Waals surface area contributed by atoms with Gasteiger partial charge in [0.05, 0.1) is 17.4 Å². The van der Waals surface area contributed by atoms with Gasteiger partial charge < -0.3 is 16.8 Å². The lowest BCUT2D eigenvalue weighted by atomic mass is 9.95. The average Bonchev–Trinajstić information content (AvgIpc) is 3.19. The van der Waals surface area contributed by atoms with E-state index in [0.717, 1.165) is 47.9 Å². The number of primary amides is 1. The molecule has 11 heteroatoms. The van der Waals surface area contributed by atoms with Crippen molar-refractivity contribution in [2.24, 2.45) is 5.73 Å². The SMILES string of the molecule is CC(C(=O)Nc1sc2c(c1C(N)=O)CCCC2)n1c(N)nnc1SCC#N. The number of amides is 2. The predicted molar refractivity (Wildman–Crippen MR) is 104 cm³/mol. The Morgan fingerprint density at radius 3 is 2.85 bits per heavy atom. The molecule has 0 aromatic carbocycles. The fourth-order valence-corrected chi connectivity index (χ4v) is 5.08. The number of hydrogen-bond donors (Lipinski definition) is 3. The van der Waals surface area contributed by atoms with Gasteiger partial charge in [-0.15, -0.1) is 21.5 Å². The molecule has 1 atom stereocenters. The molecule has 5 N–H and O–H groups in total. The van der Waals surface area contributed by atoms with Gasteiger partial charge in [0.2, 0.25) is 11.9 Å². The normalized spacial score (nSPS) is 14.2. The number of nitrogens with zero attached hydrogens (tertiary/aromatic N) is 4. The first kappa shape index (κ1) is 19.2. The third-order valence-electron chi connectivity index (χ3n) is 4.38. The average molecular weight is 406 g/mol. The van der Waals surface area contributed by atoms with Crippen molar-refractivity contribution in [3.05, 3.63) is 16.0 Å². The lowest BCUT2D eigenvalue weighted by Gasteiger charge is -2.16. The highest BCUT2D eigenvalue weighted by Crippen LogP contribution is 2.38. The van der Waals surface area contributed by atoms with Crippen LogP contribution in [-0.4, -0.2) is 32.3 Å². The highest BCUT2D eigenvalue weighted by Gasteiger charge is 2.28. The van der Waals surface area contributed by atoms with Crippen molar-refractivity contribution in [1.82, 2.24) is 14.8 Å². The maximum Gasteiger partial charge on any atom is 0.251 e. The highest BCUT2D eigenvalue weighted by atomic mass is 32.2. The number of hydrogen-bond acceptors (Lipinski definition) is 8. The maximum atomic E-state index is 12.8. The molecule has 1 unspecified atom stereocenters. The molecule has 0 radical (unpaired) electrons. The summed E-state index contributed by atoms with van der Waals surface area (Å²) in [5, 5.41) is 20.1. The molecule has 0 spiro atoms. The van der Waals surface area contributed by atoms with Gasteiger partial charge >= 0.3 is 0 Å². The van der Waals surface area contributed by atoms with Crippen molar-refractivity contribution >= 4 is 45.9 Å². The first-order chi connectivity index (χ1) is 12.9. The van der Waals surface area contributed by atoms with Crippen LogP contribution in [0.5, 0.6) is 0 Å². The Hall–Kier alpha value is -2.58. The zero-order valence-corrected chi connectivity index (χ0v) is 16.3. The first-order valence-corrected chi connectivity index (χ1v) is 10.2. The minimum absolute atomic E-state index is 0.0821. The zero-order valence-electron chi connectivity index (χ0n) is 14.7. The summed E-state index contributed by atoms with van der Waals surface area (Å²) in [5.41, 5.74) is 12.8. The van der Waals surface area contributed by atoms with Crippen LogP contribution in [0.4, 0.5) is 10.9 Å². The summed E-state index contributed by atoms with van der Waals surface area (Å²) in [7, 11) is 0. The summed E-state index contributed by atoms with van der Waals surface area (Å²) < 4.78 is 1.47. The third kappa shape index (κ3) is 3.77. The van der Waals surface area contributed by atoms with Crippen molar-refractivity contribution in [3.8, 4) is 6.07 Å². The van der Waals surface area contributed by atoms with E-state index in [2.05, 4.69) is 15.5 Å². The van der Waals surface area contributed by atoms with Gasteiger partial charge in [-0.1, -0.05) is 11.8 Å². The van der Waals surface area contributed by atoms with E-state index in [0.29, 0.717) is 15.7 Å². The molecule has 0 bridgehead atoms. The molecule has 2 amide bonds. The molecule has 9 nitrogen and oxygen atoms in total. The van der Waals surface area contributed by atoms with Crippen LogP contribution in [0.15, 0.2) is 5.16 Å². The van der Waals surface area contributed by atoms with E-state index < -0.39 is 11.9 Å². The number of carbonyl (C=O) groups excluding carboxylic acids is 2. The Morgan fingerprint density at radius 1 is 1.41 bits per heavy atom. The Labute approximate surface area is 164 Å². The molecular weight excluding hydrogens is 386 g/mol. The number of fused-ring (bicyclic) bond motifs is 1. The quantitative estimate of drug-likeness (QED) is 0.618. The molecule has 2 aromatic rings. The Balaban J connectivity index is 1.86. The fourth-order valence-electron chi connectivity index (χ4n) is 3.10. The lowest BCUT2D eigenvalue weighted by molar-refractivity contribution is -0.118. The summed E-state index contributed by atoms with van der Waals surface area (Å²) in [6.07, 6.45) is 3.75. The number of aromatic nitrogens is 3. The van der Waals surface area contributed by atoms with E-state index in [1.807, 2.05) is 6.07 Å². The van der Waals surface area contributed by atoms with Gasteiger partial charge in [-0.2, -0.15) is 5.26 Å². The van der Waals surface area contributed by atoms with Gasteiger partial charge in [0, 0.05) is 4.88 Å². The van der Waals surface area contributed by atoms with Crippen LogP contribution < -0.4 is 16.8 Å². The number of nitrogen functional groups attached to an aromatic ring is 1. The molecule has 1 aliphatic rings. The van der Waals surface area contributed by atoms with E-state index in [9.17, 15) is 9.59 Å². The number of anilines is 2. The predicted octanol–water partition coefficient (Wildman–Crippen LogP) is 1.71. The van der Waals surface area contributed by atoms with Crippen LogP contribution >= 0.6 is 23.1 Å². The van der Waals surface area contributed by atoms with E-state index in [4.69, 9.17) is 16.7 Å². The van der Waals surface area contributed by atoms with Gasteiger partial charge in [-0.25, -0.2) is 0 Å². The van der Waals surface area contributed by atoms with Crippen LogP contribution in [0, 0.1) is 11.3 Å². The number of nitriles is 1. The molecule has 1 aliphatic carbocycles. The first-order valence-electron chi connectivity index (χ1n) is 8.39. The second-order valence-corrected chi connectivity index (χ2v) is 8.15. The second-order valence-electron chi connectivity index (χ2n) is 6.10. The number of thioether (sulfide) groups is 1. The largest absolute Gasteiger partial charge is 0.368 e. The van der Waals surface area contributed by atoms with Gasteiger partial charge in [0.15, 0.2) is 5.16 Å². The number of carbonyl (C=O) groups is 2. The van der Waals surface area contributed by atoms with E-state index in [1.54, 1.807) is 6.92 Å². The number of nitrogens with one attached hydrogen (secondary N) is 1. The van der Waals surface area contributed by atoms with Gasteiger partial charge in [-0.3, -0.25) is 14.2 Å². The number of aryl methyl sites for hydroxylation is 1. The van der Waals surface area contributed by atoms with Gasteiger partial charge in [0.25, 0.3) is 5.91 Å². The van der Waals surface area contributed by atoms with Crippen molar-refractivity contribution in [1.29, 1.82) is 5.26 Å². The van der Waals surface area contributed by atoms with E-state index >= 15 is 0 Å². The van der Waals surface area contributed by atoms with Crippen LogP contribution in [0.1, 0.15) is 46.6 Å². The minimum Gasteiger partial charge on any atom is -0.368 e. The topological polar surface area (TPSA) is 153 Å². The molecule has 3 rings (SSSR count). The molecule has 2 aromatic heterocycles. The van der Waals surface area contributed by atoms with Crippen molar-refractivity contribution in [2.45, 2.75) is 43.8 Å². The van der Waals surface area contributed by atoms with E-state index in [1.165, 1.54) is 15.9 Å². The molecule has 0 fully saturated rings. The molecule has 27 heavy (non-hydrogen) atoms. The van der Waals surface area contributed by atoms with Crippen LogP contribution in [0.25, 0.3) is 0 Å². The molecule has 0 saturated carbocycles. The maximum absolute atomic E-state index is 12.8.